The van der Waals surface area contributed by atoms with E-state index in [2.05, 4.69) is 42.7 Å². The number of piperidine rings is 1. The van der Waals surface area contributed by atoms with Crippen molar-refractivity contribution in [3.63, 3.8) is 0 Å². The molecule has 0 atom stereocenters. The Labute approximate surface area is 147 Å². The highest BCUT2D eigenvalue weighted by molar-refractivity contribution is 6.76. The lowest BCUT2D eigenvalue weighted by Crippen LogP contribution is -2.42. The molecule has 0 saturated carbocycles. The van der Waals surface area contributed by atoms with Crippen LogP contribution in [0.2, 0.25) is 19.6 Å². The van der Waals surface area contributed by atoms with E-state index in [9.17, 15) is 4.79 Å². The Morgan fingerprint density at radius 3 is 2.62 bits per heavy atom. The van der Waals surface area contributed by atoms with Gasteiger partial charge in [0.15, 0.2) is 0 Å². The van der Waals surface area contributed by atoms with E-state index in [1.165, 1.54) is 5.56 Å². The first-order valence-electron chi connectivity index (χ1n) is 9.00. The molecular formula is C19H32N2O2Si-. The van der Waals surface area contributed by atoms with Gasteiger partial charge < -0.3 is 14.5 Å². The van der Waals surface area contributed by atoms with Crippen molar-refractivity contribution in [2.45, 2.75) is 45.3 Å². The average molecular weight is 349 g/mol. The number of ether oxygens (including phenoxy) is 1. The minimum Gasteiger partial charge on any atom is -0.369 e. The lowest BCUT2D eigenvalue weighted by atomic mass is 10.0. The quantitative estimate of drug-likeness (QED) is 0.532. The Bertz CT molecular complexity index is 542. The molecule has 2 rings (SSSR count). The number of anilines is 1. The Morgan fingerprint density at radius 1 is 1.21 bits per heavy atom. The van der Waals surface area contributed by atoms with Gasteiger partial charge >= 0.3 is 0 Å². The van der Waals surface area contributed by atoms with Crippen LogP contribution in [0.3, 0.4) is 0 Å². The summed E-state index contributed by atoms with van der Waals surface area (Å²) in [4.78, 5) is 16.7. The van der Waals surface area contributed by atoms with Crippen LogP contribution in [0.4, 0.5) is 5.69 Å². The van der Waals surface area contributed by atoms with Crippen molar-refractivity contribution < 1.29 is 9.53 Å². The van der Waals surface area contributed by atoms with Crippen molar-refractivity contribution in [2.24, 2.45) is 0 Å². The molecule has 1 amide bonds. The van der Waals surface area contributed by atoms with Crippen molar-refractivity contribution in [3.8, 4) is 0 Å². The van der Waals surface area contributed by atoms with E-state index < -0.39 is 8.07 Å². The van der Waals surface area contributed by atoms with Gasteiger partial charge in [-0.15, -0.1) is 14.2 Å². The summed E-state index contributed by atoms with van der Waals surface area (Å²) in [5.74, 6) is 0.268. The van der Waals surface area contributed by atoms with Gasteiger partial charge in [-0.3, -0.25) is 4.79 Å². The van der Waals surface area contributed by atoms with Crippen LogP contribution in [-0.4, -0.2) is 52.0 Å². The molecule has 1 aliphatic rings. The van der Waals surface area contributed by atoms with E-state index >= 15 is 0 Å². The second kappa shape index (κ2) is 8.79. The van der Waals surface area contributed by atoms with Crippen LogP contribution in [0.1, 0.15) is 24.8 Å². The summed E-state index contributed by atoms with van der Waals surface area (Å²) in [5, 5.41) is 0. The van der Waals surface area contributed by atoms with E-state index in [1.807, 2.05) is 11.0 Å². The maximum atomic E-state index is 12.3. The van der Waals surface area contributed by atoms with Crippen molar-refractivity contribution in [1.82, 2.24) is 4.90 Å². The molecule has 1 heterocycles. The number of para-hydroxylation sites is 1. The lowest BCUT2D eigenvalue weighted by molar-refractivity contribution is -0.119. The van der Waals surface area contributed by atoms with Gasteiger partial charge in [0.05, 0.1) is 6.73 Å². The van der Waals surface area contributed by atoms with Gasteiger partial charge in [0.1, 0.15) is 0 Å². The first kappa shape index (κ1) is 19.2. The van der Waals surface area contributed by atoms with Gasteiger partial charge in [0.25, 0.3) is 0 Å². The van der Waals surface area contributed by atoms with E-state index in [4.69, 9.17) is 4.74 Å². The molecule has 0 spiro atoms. The van der Waals surface area contributed by atoms with Crippen molar-refractivity contribution in [3.05, 3.63) is 29.8 Å². The predicted octanol–water partition coefficient (Wildman–Crippen LogP) is 3.53. The van der Waals surface area contributed by atoms with Gasteiger partial charge in [-0.2, -0.15) is 19.6 Å². The number of amides is 1. The molecule has 0 radical (unpaired) electrons. The molecule has 0 N–H and O–H groups in total. The van der Waals surface area contributed by atoms with Gasteiger partial charge in [0, 0.05) is 32.3 Å². The Balaban J connectivity index is 2.07. The maximum Gasteiger partial charge on any atom is 0.226 e. The number of benzene rings is 1. The largest absolute Gasteiger partial charge is 0.369 e. The van der Waals surface area contributed by atoms with E-state index in [0.717, 1.165) is 44.2 Å². The highest BCUT2D eigenvalue weighted by Gasteiger charge is 2.21. The van der Waals surface area contributed by atoms with Crippen LogP contribution in [0.5, 0.6) is 0 Å². The number of carbonyl (C=O) groups excluding carboxylic acids is 1. The number of rotatable bonds is 8. The third kappa shape index (κ3) is 5.72. The fourth-order valence-electron chi connectivity index (χ4n) is 3.37. The van der Waals surface area contributed by atoms with Crippen molar-refractivity contribution in [1.29, 1.82) is 0 Å². The van der Waals surface area contributed by atoms with Crippen LogP contribution in [0, 0.1) is 0 Å². The Kier molecular flexibility index (Phi) is 7.01. The van der Waals surface area contributed by atoms with Crippen LogP contribution in [0.25, 0.3) is 0 Å². The molecule has 1 fully saturated rings. The molecule has 1 aromatic rings. The summed E-state index contributed by atoms with van der Waals surface area (Å²) < 4.78 is 5.39. The second-order valence-corrected chi connectivity index (χ2v) is 13.3. The zero-order valence-electron chi connectivity index (χ0n) is 15.7. The first-order chi connectivity index (χ1) is 11.4. The normalized spacial score (nSPS) is 16.0. The minimum absolute atomic E-state index is 0.268. The predicted molar refractivity (Wildman–Crippen MR) is 103 cm³/mol. The minimum atomic E-state index is -1.17. The monoisotopic (exact) mass is 348 g/mol. The lowest BCUT2D eigenvalue weighted by Gasteiger charge is -2.36. The summed E-state index contributed by atoms with van der Waals surface area (Å²) in [6.45, 7) is 9.65. The van der Waals surface area contributed by atoms with Crippen LogP contribution in [0.15, 0.2) is 24.3 Å². The maximum absolute atomic E-state index is 12.3. The number of methoxy groups -OCH3 is 1. The fourth-order valence-corrected chi connectivity index (χ4v) is 4.96. The molecule has 0 bridgehead atoms. The molecule has 4 nitrogen and oxygen atoms in total. The molecule has 1 aliphatic heterocycles. The number of carbonyl (C=O) groups is 1. The van der Waals surface area contributed by atoms with Crippen LogP contribution < -0.4 is 4.90 Å². The number of nitrogens with zero attached hydrogens (tertiary/aromatic N) is 2. The zero-order valence-corrected chi connectivity index (χ0v) is 16.7. The molecular weight excluding hydrogens is 316 g/mol. The summed E-state index contributed by atoms with van der Waals surface area (Å²) >= 11 is 0. The van der Waals surface area contributed by atoms with Gasteiger partial charge in [0.2, 0.25) is 5.91 Å². The summed E-state index contributed by atoms with van der Waals surface area (Å²) in [6, 6.07) is 8.37. The Hall–Kier alpha value is -1.17. The van der Waals surface area contributed by atoms with E-state index in [0.29, 0.717) is 13.2 Å². The van der Waals surface area contributed by atoms with Crippen LogP contribution >= 0.6 is 0 Å². The standard InChI is InChI=1S/C19H32N2O2Si/c1-23-15-20(16-24(2,3)4)14-12-17-9-5-6-10-18(17)21-13-8-7-11-19(21)22/h5-6,9-10H,7-8,11-16H2,1-4H3/q-1. The number of hydrogen-bond donors (Lipinski definition) is 0. The molecule has 5 heteroatoms. The molecule has 1 aromatic carbocycles. The van der Waals surface area contributed by atoms with Gasteiger partial charge in [-0.25, -0.2) is 0 Å². The second-order valence-electron chi connectivity index (χ2n) is 7.91. The topological polar surface area (TPSA) is 32.8 Å². The molecule has 1 saturated heterocycles. The smallest absolute Gasteiger partial charge is 0.226 e. The summed E-state index contributed by atoms with van der Waals surface area (Å²) in [7, 11) is 0.590. The Morgan fingerprint density at radius 2 is 1.96 bits per heavy atom. The molecule has 0 aliphatic carbocycles. The third-order valence-corrected chi connectivity index (χ3v) is 5.71. The van der Waals surface area contributed by atoms with E-state index in [1.54, 1.807) is 7.11 Å². The molecule has 24 heavy (non-hydrogen) atoms. The average Bonchev–Trinajstić information content (AvgIpc) is 2.52. The van der Waals surface area contributed by atoms with Crippen LogP contribution in [-0.2, 0) is 16.0 Å². The summed E-state index contributed by atoms with van der Waals surface area (Å²) in [6.07, 6.45) is 4.89. The highest BCUT2D eigenvalue weighted by Crippen LogP contribution is 2.25. The summed E-state index contributed by atoms with van der Waals surface area (Å²) in [5.41, 5.74) is 2.37. The SMILES string of the molecule is COCN(CCc1ccccc1N1CCCCC1=O)C[Si-](C)(C)C. The molecule has 0 unspecified atom stereocenters. The first-order valence-corrected chi connectivity index (χ1v) is 12.7. The van der Waals surface area contributed by atoms with E-state index in [-0.39, 0.29) is 5.91 Å². The van der Waals surface area contributed by atoms with Crippen molar-refractivity contribution in [2.75, 3.05) is 38.0 Å². The fraction of sp³-hybridized carbons (Fsp3) is 0.632. The molecule has 135 valence electrons. The van der Waals surface area contributed by atoms with Gasteiger partial charge in [-0.1, -0.05) is 18.2 Å². The highest BCUT2D eigenvalue weighted by atomic mass is 28.3. The zero-order chi connectivity index (χ0) is 17.6. The van der Waals surface area contributed by atoms with Gasteiger partial charge in [-0.05, 0) is 30.9 Å². The molecule has 0 aromatic heterocycles. The third-order valence-electron chi connectivity index (χ3n) is 4.31. The number of hydrogen-bond acceptors (Lipinski definition) is 3. The van der Waals surface area contributed by atoms with Crippen molar-refractivity contribution >= 4 is 19.7 Å².